The summed E-state index contributed by atoms with van der Waals surface area (Å²) in [7, 11) is 0. The molecule has 0 aliphatic carbocycles. The summed E-state index contributed by atoms with van der Waals surface area (Å²) in [6.07, 6.45) is 3.41. The minimum absolute atomic E-state index is 0.131. The lowest BCUT2D eigenvalue weighted by Gasteiger charge is -2.13. The maximum atomic E-state index is 12.5. The highest BCUT2D eigenvalue weighted by molar-refractivity contribution is 6.27. The minimum Gasteiger partial charge on any atom is -0.298 e. The van der Waals surface area contributed by atoms with E-state index >= 15 is 0 Å². The largest absolute Gasteiger partial charge is 0.298 e. The van der Waals surface area contributed by atoms with Gasteiger partial charge in [0, 0.05) is 18.8 Å². The second kappa shape index (κ2) is 5.89. The fraction of sp³-hybridized carbons (Fsp3) is 0.176. The smallest absolute Gasteiger partial charge is 0.263 e. The van der Waals surface area contributed by atoms with Gasteiger partial charge in [-0.1, -0.05) is 30.3 Å². The van der Waals surface area contributed by atoms with E-state index in [4.69, 9.17) is 0 Å². The molecular weight excluding hydrogens is 278 g/mol. The molecule has 1 aromatic heterocycles. The molecule has 0 saturated carbocycles. The van der Waals surface area contributed by atoms with Gasteiger partial charge in [0.15, 0.2) is 5.78 Å². The van der Waals surface area contributed by atoms with Gasteiger partial charge in [-0.2, -0.15) is 10.1 Å². The Kier molecular flexibility index (Phi) is 3.78. The van der Waals surface area contributed by atoms with Crippen LogP contribution in [-0.4, -0.2) is 22.4 Å². The molecule has 0 radical (unpaired) electrons. The zero-order chi connectivity index (χ0) is 15.5. The Morgan fingerprint density at radius 3 is 2.50 bits per heavy atom. The number of nitrogens with zero attached hydrogens (tertiary/aromatic N) is 3. The van der Waals surface area contributed by atoms with Gasteiger partial charge in [0.1, 0.15) is 5.92 Å². The van der Waals surface area contributed by atoms with Crippen LogP contribution in [0.25, 0.3) is 0 Å². The summed E-state index contributed by atoms with van der Waals surface area (Å²) in [5, 5.41) is 5.52. The molecule has 1 atom stereocenters. The van der Waals surface area contributed by atoms with Gasteiger partial charge in [0.2, 0.25) is 0 Å². The van der Waals surface area contributed by atoms with Gasteiger partial charge >= 0.3 is 0 Å². The number of carbonyl (C=O) groups excluding carboxylic acids is 2. The molecule has 0 N–H and O–H groups in total. The summed E-state index contributed by atoms with van der Waals surface area (Å²) in [5.41, 5.74) is 2.05. The second-order valence-electron chi connectivity index (χ2n) is 5.16. The van der Waals surface area contributed by atoms with Crippen LogP contribution in [0.5, 0.6) is 0 Å². The Bertz CT molecular complexity index is 726. The van der Waals surface area contributed by atoms with E-state index in [-0.39, 0.29) is 18.1 Å². The highest BCUT2D eigenvalue weighted by atomic mass is 16.2. The van der Waals surface area contributed by atoms with E-state index in [9.17, 15) is 9.59 Å². The van der Waals surface area contributed by atoms with Crippen LogP contribution in [0.2, 0.25) is 0 Å². The molecule has 0 fully saturated rings. The number of aromatic nitrogens is 1. The quantitative estimate of drug-likeness (QED) is 0.812. The van der Waals surface area contributed by atoms with Crippen LogP contribution in [0.15, 0.2) is 60.0 Å². The molecule has 1 aliphatic heterocycles. The van der Waals surface area contributed by atoms with Crippen LogP contribution >= 0.6 is 0 Å². The summed E-state index contributed by atoms with van der Waals surface area (Å²) in [4.78, 5) is 28.9. The van der Waals surface area contributed by atoms with E-state index in [1.165, 1.54) is 5.01 Å². The van der Waals surface area contributed by atoms with Crippen LogP contribution in [0.4, 0.5) is 5.69 Å². The number of anilines is 1. The Morgan fingerprint density at radius 1 is 1.14 bits per heavy atom. The van der Waals surface area contributed by atoms with Crippen LogP contribution < -0.4 is 5.01 Å². The lowest BCUT2D eigenvalue weighted by atomic mass is 9.94. The van der Waals surface area contributed by atoms with Crippen molar-refractivity contribution in [3.63, 3.8) is 0 Å². The first-order valence-corrected chi connectivity index (χ1v) is 7.02. The summed E-state index contributed by atoms with van der Waals surface area (Å²) in [5.74, 6) is -1.23. The van der Waals surface area contributed by atoms with Crippen molar-refractivity contribution >= 4 is 23.1 Å². The third kappa shape index (κ3) is 2.65. The maximum Gasteiger partial charge on any atom is 0.263 e. The van der Waals surface area contributed by atoms with Gasteiger partial charge in [-0.15, -0.1) is 0 Å². The zero-order valence-electron chi connectivity index (χ0n) is 12.1. The molecule has 1 amide bonds. The molecule has 5 heteroatoms. The predicted octanol–water partition coefficient (Wildman–Crippen LogP) is 2.23. The molecule has 2 heterocycles. The van der Waals surface area contributed by atoms with E-state index in [1.807, 2.05) is 30.3 Å². The van der Waals surface area contributed by atoms with E-state index in [0.717, 1.165) is 5.56 Å². The molecule has 1 unspecified atom stereocenters. The van der Waals surface area contributed by atoms with Crippen LogP contribution in [-0.2, 0) is 16.0 Å². The van der Waals surface area contributed by atoms with Crippen molar-refractivity contribution in [2.45, 2.75) is 13.3 Å². The summed E-state index contributed by atoms with van der Waals surface area (Å²) in [6, 6.07) is 12.8. The lowest BCUT2D eigenvalue weighted by molar-refractivity contribution is -0.128. The van der Waals surface area contributed by atoms with Crippen molar-refractivity contribution in [2.75, 3.05) is 5.01 Å². The molecule has 22 heavy (non-hydrogen) atoms. The van der Waals surface area contributed by atoms with Gasteiger partial charge in [-0.05, 0) is 24.6 Å². The molecular formula is C17H15N3O2. The first-order chi connectivity index (χ1) is 10.7. The number of benzene rings is 1. The maximum absolute atomic E-state index is 12.5. The summed E-state index contributed by atoms with van der Waals surface area (Å²) < 4.78 is 0. The van der Waals surface area contributed by atoms with Crippen molar-refractivity contribution in [2.24, 2.45) is 11.0 Å². The Morgan fingerprint density at radius 2 is 1.82 bits per heavy atom. The van der Waals surface area contributed by atoms with Gasteiger partial charge < -0.3 is 0 Å². The first-order valence-electron chi connectivity index (χ1n) is 7.02. The summed E-state index contributed by atoms with van der Waals surface area (Å²) in [6.45, 7) is 1.71. The van der Waals surface area contributed by atoms with E-state index < -0.39 is 5.92 Å². The number of ketones is 1. The van der Waals surface area contributed by atoms with E-state index in [1.54, 1.807) is 31.5 Å². The fourth-order valence-corrected chi connectivity index (χ4v) is 2.51. The molecule has 0 bridgehead atoms. The topological polar surface area (TPSA) is 62.6 Å². The number of amides is 1. The first kappa shape index (κ1) is 14.1. The van der Waals surface area contributed by atoms with Crippen LogP contribution in [0, 0.1) is 5.92 Å². The summed E-state index contributed by atoms with van der Waals surface area (Å²) >= 11 is 0. The molecule has 3 rings (SSSR count). The average Bonchev–Trinajstić information content (AvgIpc) is 2.84. The number of rotatable bonds is 4. The van der Waals surface area contributed by atoms with E-state index in [2.05, 4.69) is 10.1 Å². The van der Waals surface area contributed by atoms with Gasteiger partial charge in [-0.25, -0.2) is 0 Å². The van der Waals surface area contributed by atoms with Crippen molar-refractivity contribution < 1.29 is 9.59 Å². The monoisotopic (exact) mass is 293 g/mol. The Labute approximate surface area is 128 Å². The van der Waals surface area contributed by atoms with Crippen molar-refractivity contribution in [3.8, 4) is 0 Å². The van der Waals surface area contributed by atoms with E-state index in [0.29, 0.717) is 11.4 Å². The molecule has 0 saturated heterocycles. The van der Waals surface area contributed by atoms with Crippen molar-refractivity contribution in [1.82, 2.24) is 4.98 Å². The fourth-order valence-electron chi connectivity index (χ4n) is 2.51. The molecule has 0 spiro atoms. The highest BCUT2D eigenvalue weighted by Gasteiger charge is 2.39. The van der Waals surface area contributed by atoms with Crippen LogP contribution in [0.1, 0.15) is 12.5 Å². The molecule has 2 aromatic rings. The Hall–Kier alpha value is -2.82. The number of hydrogen-bond donors (Lipinski definition) is 0. The second-order valence-corrected chi connectivity index (χ2v) is 5.16. The minimum atomic E-state index is -0.798. The predicted molar refractivity (Wildman–Crippen MR) is 83.5 cm³/mol. The molecule has 1 aromatic carbocycles. The molecule has 110 valence electrons. The third-order valence-electron chi connectivity index (χ3n) is 3.58. The SMILES string of the molecule is CC1=NN(c2ccncc2)C(=O)C1C(=O)Cc1ccccc1. The van der Waals surface area contributed by atoms with Gasteiger partial charge in [0.25, 0.3) is 5.91 Å². The van der Waals surface area contributed by atoms with Gasteiger partial charge in [-0.3, -0.25) is 14.6 Å². The standard InChI is InChI=1S/C17H15N3O2/c1-12-16(15(21)11-13-5-3-2-4-6-13)17(22)20(19-12)14-7-9-18-10-8-14/h2-10,16H,11H2,1H3. The lowest BCUT2D eigenvalue weighted by Crippen LogP contribution is -2.33. The number of pyridine rings is 1. The van der Waals surface area contributed by atoms with Crippen LogP contribution in [0.3, 0.4) is 0 Å². The molecule has 1 aliphatic rings. The van der Waals surface area contributed by atoms with Crippen molar-refractivity contribution in [1.29, 1.82) is 0 Å². The van der Waals surface area contributed by atoms with Gasteiger partial charge in [0.05, 0.1) is 11.4 Å². The highest BCUT2D eigenvalue weighted by Crippen LogP contribution is 2.24. The number of hydrogen-bond acceptors (Lipinski definition) is 4. The zero-order valence-corrected chi connectivity index (χ0v) is 12.1. The number of hydrazone groups is 1. The number of carbonyl (C=O) groups is 2. The number of Topliss-reactive ketones (excluding diaryl/α,β-unsaturated/α-hetero) is 1. The third-order valence-corrected chi connectivity index (χ3v) is 3.58. The molecule has 5 nitrogen and oxygen atoms in total. The average molecular weight is 293 g/mol. The van der Waals surface area contributed by atoms with Crippen molar-refractivity contribution in [3.05, 3.63) is 60.4 Å². The normalized spacial score (nSPS) is 17.5. The Balaban J connectivity index is 1.80.